The Hall–Kier alpha value is -2.16. The van der Waals surface area contributed by atoms with Crippen molar-refractivity contribution in [3.8, 4) is 0 Å². The maximum Gasteiger partial charge on any atom is 0.224 e. The summed E-state index contributed by atoms with van der Waals surface area (Å²) in [5.74, 6) is 0.728. The smallest absolute Gasteiger partial charge is 0.224 e. The Morgan fingerprint density at radius 3 is 2.90 bits per heavy atom. The van der Waals surface area contributed by atoms with Gasteiger partial charge < -0.3 is 5.32 Å². The van der Waals surface area contributed by atoms with E-state index < -0.39 is 0 Å². The van der Waals surface area contributed by atoms with Gasteiger partial charge in [-0.15, -0.1) is 0 Å². The summed E-state index contributed by atoms with van der Waals surface area (Å²) in [5.41, 5.74) is 3.53. The number of benzene rings is 2. The van der Waals surface area contributed by atoms with Crippen molar-refractivity contribution < 1.29 is 9.18 Å². The molecule has 21 heavy (non-hydrogen) atoms. The largest absolute Gasteiger partial charge is 0.352 e. The first-order valence-electron chi connectivity index (χ1n) is 7.34. The highest BCUT2D eigenvalue weighted by Crippen LogP contribution is 2.56. The van der Waals surface area contributed by atoms with Gasteiger partial charge in [-0.25, -0.2) is 4.39 Å². The maximum absolute atomic E-state index is 13.1. The van der Waals surface area contributed by atoms with Gasteiger partial charge in [-0.2, -0.15) is 0 Å². The third-order valence-corrected chi connectivity index (χ3v) is 4.62. The van der Waals surface area contributed by atoms with Crippen LogP contribution in [0.3, 0.4) is 0 Å². The van der Waals surface area contributed by atoms with Crippen molar-refractivity contribution in [3.63, 3.8) is 0 Å². The van der Waals surface area contributed by atoms with Crippen LogP contribution in [0.1, 0.15) is 22.6 Å². The summed E-state index contributed by atoms with van der Waals surface area (Å²) in [5, 5.41) is 3.10. The Morgan fingerprint density at radius 2 is 2.05 bits per heavy atom. The van der Waals surface area contributed by atoms with Crippen molar-refractivity contribution in [2.45, 2.75) is 24.8 Å². The molecule has 0 unspecified atom stereocenters. The minimum Gasteiger partial charge on any atom is -0.352 e. The molecule has 0 radical (unpaired) electrons. The van der Waals surface area contributed by atoms with Crippen molar-refractivity contribution in [1.82, 2.24) is 5.32 Å². The Labute approximate surface area is 123 Å². The highest BCUT2D eigenvalue weighted by atomic mass is 19.1. The van der Waals surface area contributed by atoms with E-state index in [4.69, 9.17) is 0 Å². The SMILES string of the molecule is O=C(Cc1cccc(F)c1)N[C@@H]1[C@@H]2Cc3ccccc3[C@@H]21. The molecule has 0 aromatic heterocycles. The third-order valence-electron chi connectivity index (χ3n) is 4.62. The Morgan fingerprint density at radius 1 is 1.19 bits per heavy atom. The minimum atomic E-state index is -0.294. The predicted octanol–water partition coefficient (Wildman–Crippen LogP) is 2.82. The molecule has 1 fully saturated rings. The first-order valence-corrected chi connectivity index (χ1v) is 7.34. The lowest BCUT2D eigenvalue weighted by atomic mass is 10.0. The number of hydrogen-bond acceptors (Lipinski definition) is 1. The van der Waals surface area contributed by atoms with Crippen LogP contribution in [0.5, 0.6) is 0 Å². The number of carbonyl (C=O) groups excluding carboxylic acids is 1. The summed E-state index contributed by atoms with van der Waals surface area (Å²) in [6.07, 6.45) is 1.31. The van der Waals surface area contributed by atoms with Gasteiger partial charge >= 0.3 is 0 Å². The van der Waals surface area contributed by atoms with Gasteiger partial charge in [-0.3, -0.25) is 4.79 Å². The number of amides is 1. The van der Waals surface area contributed by atoms with E-state index >= 15 is 0 Å². The van der Waals surface area contributed by atoms with Crippen molar-refractivity contribution in [3.05, 3.63) is 71.0 Å². The molecule has 1 saturated carbocycles. The fourth-order valence-electron chi connectivity index (χ4n) is 3.62. The fourth-order valence-corrected chi connectivity index (χ4v) is 3.62. The average molecular weight is 281 g/mol. The molecule has 0 heterocycles. The van der Waals surface area contributed by atoms with Crippen LogP contribution in [0, 0.1) is 11.7 Å². The molecule has 1 N–H and O–H groups in total. The third kappa shape index (κ3) is 2.23. The number of hydrogen-bond donors (Lipinski definition) is 1. The molecule has 2 aromatic rings. The highest BCUT2D eigenvalue weighted by Gasteiger charge is 2.56. The van der Waals surface area contributed by atoms with Crippen molar-refractivity contribution in [2.24, 2.45) is 5.92 Å². The summed E-state index contributed by atoms with van der Waals surface area (Å²) in [4.78, 5) is 12.1. The van der Waals surface area contributed by atoms with Crippen LogP contribution in [0.2, 0.25) is 0 Å². The van der Waals surface area contributed by atoms with Crippen LogP contribution < -0.4 is 5.32 Å². The standard InChI is InChI=1S/C18H16FNO/c19-13-6-3-4-11(8-13)9-16(21)20-18-15-10-12-5-1-2-7-14(12)17(15)18/h1-8,15,17-18H,9-10H2,(H,20,21)/t15-,17+,18-/m1/s1. The number of halogens is 1. The molecule has 0 saturated heterocycles. The van der Waals surface area contributed by atoms with Crippen LogP contribution in [-0.2, 0) is 17.6 Å². The summed E-state index contributed by atoms with van der Waals surface area (Å²) >= 11 is 0. The minimum absolute atomic E-state index is 0.0162. The van der Waals surface area contributed by atoms with Gasteiger partial charge in [0, 0.05) is 12.0 Å². The van der Waals surface area contributed by atoms with E-state index in [2.05, 4.69) is 29.6 Å². The van der Waals surface area contributed by atoms with Gasteiger partial charge in [0.05, 0.1) is 6.42 Å². The molecule has 3 heteroatoms. The quantitative estimate of drug-likeness (QED) is 0.921. The molecule has 0 bridgehead atoms. The number of fused-ring (bicyclic) bond motifs is 3. The Bertz CT molecular complexity index is 712. The second-order valence-electron chi connectivity index (χ2n) is 5.99. The van der Waals surface area contributed by atoms with Gasteiger partial charge in [0.25, 0.3) is 0 Å². The Kier molecular flexibility index (Phi) is 2.81. The van der Waals surface area contributed by atoms with E-state index in [0.29, 0.717) is 11.8 Å². The van der Waals surface area contributed by atoms with Crippen LogP contribution in [0.15, 0.2) is 48.5 Å². The lowest BCUT2D eigenvalue weighted by molar-refractivity contribution is -0.120. The van der Waals surface area contributed by atoms with E-state index in [-0.39, 0.29) is 24.2 Å². The van der Waals surface area contributed by atoms with E-state index in [0.717, 1.165) is 12.0 Å². The first-order chi connectivity index (χ1) is 10.2. The first kappa shape index (κ1) is 12.6. The van der Waals surface area contributed by atoms with Gasteiger partial charge in [0.1, 0.15) is 5.82 Å². The second kappa shape index (κ2) is 4.69. The molecule has 1 amide bonds. The van der Waals surface area contributed by atoms with Crippen molar-refractivity contribution in [2.75, 3.05) is 0 Å². The van der Waals surface area contributed by atoms with Crippen LogP contribution in [0.25, 0.3) is 0 Å². The Balaban J connectivity index is 1.40. The maximum atomic E-state index is 13.1. The molecule has 106 valence electrons. The zero-order valence-corrected chi connectivity index (χ0v) is 11.6. The summed E-state index contributed by atoms with van der Waals surface area (Å²) in [7, 11) is 0. The molecular formula is C18H16FNO. The van der Waals surface area contributed by atoms with E-state index in [1.807, 2.05) is 0 Å². The molecule has 2 aromatic carbocycles. The van der Waals surface area contributed by atoms with E-state index in [9.17, 15) is 9.18 Å². The number of rotatable bonds is 3. The lowest BCUT2D eigenvalue weighted by Gasteiger charge is -2.09. The number of nitrogens with one attached hydrogen (secondary N) is 1. The zero-order valence-electron chi connectivity index (χ0n) is 11.6. The molecule has 2 nitrogen and oxygen atoms in total. The van der Waals surface area contributed by atoms with Crippen molar-refractivity contribution in [1.29, 1.82) is 0 Å². The molecule has 3 atom stereocenters. The summed E-state index contributed by atoms with van der Waals surface area (Å²) in [6.45, 7) is 0. The lowest BCUT2D eigenvalue weighted by Crippen LogP contribution is -2.30. The molecule has 2 aliphatic carbocycles. The molecular weight excluding hydrogens is 265 g/mol. The topological polar surface area (TPSA) is 29.1 Å². The molecule has 0 spiro atoms. The normalized spacial score (nSPS) is 25.1. The molecule has 2 aliphatic rings. The molecule has 0 aliphatic heterocycles. The summed E-state index contributed by atoms with van der Waals surface area (Å²) in [6, 6.07) is 15.0. The zero-order chi connectivity index (χ0) is 14.4. The monoisotopic (exact) mass is 281 g/mol. The highest BCUT2D eigenvalue weighted by molar-refractivity contribution is 5.79. The van der Waals surface area contributed by atoms with E-state index in [1.54, 1.807) is 12.1 Å². The van der Waals surface area contributed by atoms with Gasteiger partial charge in [0.15, 0.2) is 0 Å². The van der Waals surface area contributed by atoms with Crippen LogP contribution in [-0.4, -0.2) is 11.9 Å². The fraction of sp³-hybridized carbons (Fsp3) is 0.278. The number of carbonyl (C=O) groups is 1. The van der Waals surface area contributed by atoms with E-state index in [1.165, 1.54) is 23.3 Å². The van der Waals surface area contributed by atoms with Crippen LogP contribution >= 0.6 is 0 Å². The van der Waals surface area contributed by atoms with Gasteiger partial charge in [-0.05, 0) is 41.2 Å². The average Bonchev–Trinajstić information content (AvgIpc) is 2.96. The van der Waals surface area contributed by atoms with Gasteiger partial charge in [-0.1, -0.05) is 36.4 Å². The van der Waals surface area contributed by atoms with Crippen LogP contribution in [0.4, 0.5) is 4.39 Å². The second-order valence-corrected chi connectivity index (χ2v) is 5.99. The summed E-state index contributed by atoms with van der Waals surface area (Å²) < 4.78 is 13.1. The van der Waals surface area contributed by atoms with Gasteiger partial charge in [0.2, 0.25) is 5.91 Å². The van der Waals surface area contributed by atoms with Crippen molar-refractivity contribution >= 4 is 5.91 Å². The molecule has 4 rings (SSSR count). The predicted molar refractivity (Wildman–Crippen MR) is 78.4 cm³/mol.